The van der Waals surface area contributed by atoms with Crippen molar-refractivity contribution >= 4 is 27.5 Å². The second kappa shape index (κ2) is 8.92. The van der Waals surface area contributed by atoms with Crippen molar-refractivity contribution in [1.82, 2.24) is 9.62 Å². The highest BCUT2D eigenvalue weighted by Gasteiger charge is 2.31. The Balaban J connectivity index is 2.01. The van der Waals surface area contributed by atoms with Crippen molar-refractivity contribution < 1.29 is 27.8 Å². The van der Waals surface area contributed by atoms with Gasteiger partial charge in [0.15, 0.2) is 4.90 Å². The van der Waals surface area contributed by atoms with Gasteiger partial charge in [0, 0.05) is 25.7 Å². The number of piperidine rings is 1. The van der Waals surface area contributed by atoms with Crippen LogP contribution in [0.2, 0.25) is 0 Å². The molecule has 1 heterocycles. The number of nitrogens with zero attached hydrogens (tertiary/aromatic N) is 3. The molecular formula is C17H24N4O8S. The van der Waals surface area contributed by atoms with Gasteiger partial charge in [-0.3, -0.25) is 20.2 Å². The molecule has 0 radical (unpaired) electrons. The van der Waals surface area contributed by atoms with Gasteiger partial charge in [-0.1, -0.05) is 0 Å². The Morgan fingerprint density at radius 1 is 1.20 bits per heavy atom. The maximum absolute atomic E-state index is 12.5. The van der Waals surface area contributed by atoms with E-state index < -0.39 is 47.8 Å². The van der Waals surface area contributed by atoms with Crippen molar-refractivity contribution in [3.8, 4) is 0 Å². The van der Waals surface area contributed by atoms with Crippen LogP contribution < -0.4 is 4.72 Å². The minimum absolute atomic E-state index is 0.0264. The number of hydrogen-bond donors (Lipinski definition) is 1. The van der Waals surface area contributed by atoms with Crippen LogP contribution in [0, 0.1) is 26.1 Å². The minimum Gasteiger partial charge on any atom is -0.444 e. The lowest BCUT2D eigenvalue weighted by Crippen LogP contribution is -2.43. The van der Waals surface area contributed by atoms with E-state index in [1.54, 1.807) is 25.7 Å². The molecule has 166 valence electrons. The van der Waals surface area contributed by atoms with Crippen molar-refractivity contribution in [3.63, 3.8) is 0 Å². The molecule has 1 amide bonds. The van der Waals surface area contributed by atoms with Gasteiger partial charge in [-0.2, -0.15) is 0 Å². The Morgan fingerprint density at radius 3 is 2.30 bits per heavy atom. The lowest BCUT2D eigenvalue weighted by Gasteiger charge is -2.33. The first-order valence-electron chi connectivity index (χ1n) is 9.20. The van der Waals surface area contributed by atoms with Gasteiger partial charge < -0.3 is 9.64 Å². The Bertz CT molecular complexity index is 934. The van der Waals surface area contributed by atoms with Crippen molar-refractivity contribution in [2.24, 2.45) is 5.92 Å². The van der Waals surface area contributed by atoms with Crippen LogP contribution in [-0.2, 0) is 14.8 Å². The molecular weight excluding hydrogens is 420 g/mol. The van der Waals surface area contributed by atoms with Gasteiger partial charge in [0.1, 0.15) is 5.60 Å². The summed E-state index contributed by atoms with van der Waals surface area (Å²) >= 11 is 0. The molecule has 30 heavy (non-hydrogen) atoms. The molecule has 1 N–H and O–H groups in total. The summed E-state index contributed by atoms with van der Waals surface area (Å²) in [4.78, 5) is 33.2. The fraction of sp³-hybridized carbons (Fsp3) is 0.588. The van der Waals surface area contributed by atoms with Crippen LogP contribution in [0.4, 0.5) is 16.2 Å². The van der Waals surface area contributed by atoms with E-state index in [1.165, 1.54) is 0 Å². The molecule has 0 bridgehead atoms. The predicted molar refractivity (Wildman–Crippen MR) is 105 cm³/mol. The van der Waals surface area contributed by atoms with Gasteiger partial charge in [0.05, 0.1) is 15.9 Å². The van der Waals surface area contributed by atoms with Gasteiger partial charge in [0.25, 0.3) is 11.4 Å². The fourth-order valence-corrected chi connectivity index (χ4v) is 4.21. The highest BCUT2D eigenvalue weighted by molar-refractivity contribution is 7.89. The zero-order valence-corrected chi connectivity index (χ0v) is 17.7. The lowest BCUT2D eigenvalue weighted by atomic mass is 9.97. The Labute approximate surface area is 173 Å². The first-order valence-corrected chi connectivity index (χ1v) is 10.7. The summed E-state index contributed by atoms with van der Waals surface area (Å²) in [5, 5.41) is 22.0. The first-order chi connectivity index (χ1) is 13.8. The molecule has 2 rings (SSSR count). The van der Waals surface area contributed by atoms with Crippen molar-refractivity contribution in [2.75, 3.05) is 19.6 Å². The van der Waals surface area contributed by atoms with Crippen LogP contribution in [0.15, 0.2) is 23.1 Å². The average Bonchev–Trinajstić information content (AvgIpc) is 2.65. The number of sulfonamides is 1. The number of amides is 1. The number of non-ortho nitro benzene ring substituents is 1. The highest BCUT2D eigenvalue weighted by atomic mass is 32.2. The molecule has 0 aromatic heterocycles. The Hall–Kier alpha value is -2.80. The molecule has 1 aromatic carbocycles. The van der Waals surface area contributed by atoms with Gasteiger partial charge in [0.2, 0.25) is 10.0 Å². The van der Waals surface area contributed by atoms with Crippen LogP contribution in [0.5, 0.6) is 0 Å². The second-order valence-corrected chi connectivity index (χ2v) is 9.66. The zero-order chi connectivity index (χ0) is 22.7. The van der Waals surface area contributed by atoms with Crippen LogP contribution in [0.3, 0.4) is 0 Å². The quantitative estimate of drug-likeness (QED) is 0.516. The number of carbonyl (C=O) groups is 1. The van der Waals surface area contributed by atoms with Crippen LogP contribution >= 0.6 is 0 Å². The topological polar surface area (TPSA) is 162 Å². The first kappa shape index (κ1) is 23.5. The van der Waals surface area contributed by atoms with Gasteiger partial charge in [-0.15, -0.1) is 0 Å². The van der Waals surface area contributed by atoms with Crippen molar-refractivity contribution in [3.05, 3.63) is 38.4 Å². The Morgan fingerprint density at radius 2 is 1.80 bits per heavy atom. The largest absolute Gasteiger partial charge is 0.444 e. The summed E-state index contributed by atoms with van der Waals surface area (Å²) in [5.41, 5.74) is -2.05. The summed E-state index contributed by atoms with van der Waals surface area (Å²) in [5.74, 6) is -0.0735. The van der Waals surface area contributed by atoms with E-state index in [0.717, 1.165) is 12.1 Å². The van der Waals surface area contributed by atoms with E-state index in [2.05, 4.69) is 4.72 Å². The SMILES string of the molecule is CC(C)(C)OC(=O)N1CCC(CNS(=O)(=O)c2ccc([N+](=O)[O-])cc2[N+](=O)[O-])CC1. The smallest absolute Gasteiger partial charge is 0.410 e. The fourth-order valence-electron chi connectivity index (χ4n) is 2.94. The number of nitro groups is 2. The summed E-state index contributed by atoms with van der Waals surface area (Å²) in [7, 11) is -4.25. The number of hydrogen-bond acceptors (Lipinski definition) is 8. The molecule has 1 aliphatic rings. The van der Waals surface area contributed by atoms with Crippen LogP contribution in [-0.4, -0.2) is 54.5 Å². The number of nitrogens with one attached hydrogen (secondary N) is 1. The number of nitro benzene ring substituents is 2. The van der Waals surface area contributed by atoms with Gasteiger partial charge in [-0.25, -0.2) is 17.9 Å². The van der Waals surface area contributed by atoms with Gasteiger partial charge >= 0.3 is 6.09 Å². The number of benzene rings is 1. The maximum Gasteiger partial charge on any atom is 0.410 e. The van der Waals surface area contributed by atoms with Crippen LogP contribution in [0.1, 0.15) is 33.6 Å². The molecule has 0 spiro atoms. The van der Waals surface area contributed by atoms with E-state index in [1.807, 2.05) is 0 Å². The monoisotopic (exact) mass is 444 g/mol. The average molecular weight is 444 g/mol. The van der Waals surface area contributed by atoms with Gasteiger partial charge in [-0.05, 0) is 45.6 Å². The molecule has 0 unspecified atom stereocenters. The predicted octanol–water partition coefficient (Wildman–Crippen LogP) is 2.43. The molecule has 13 heteroatoms. The number of carbonyl (C=O) groups excluding carboxylic acids is 1. The molecule has 1 fully saturated rings. The van der Waals surface area contributed by atoms with E-state index >= 15 is 0 Å². The van der Waals surface area contributed by atoms with E-state index in [4.69, 9.17) is 4.74 Å². The second-order valence-electron chi connectivity index (χ2n) is 7.93. The highest BCUT2D eigenvalue weighted by Crippen LogP contribution is 2.28. The summed E-state index contributed by atoms with van der Waals surface area (Å²) in [6.45, 7) is 6.13. The zero-order valence-electron chi connectivity index (χ0n) is 16.9. The van der Waals surface area contributed by atoms with Crippen molar-refractivity contribution in [1.29, 1.82) is 0 Å². The molecule has 0 atom stereocenters. The molecule has 0 aliphatic carbocycles. The third-order valence-corrected chi connectivity index (χ3v) is 5.94. The third-order valence-electron chi connectivity index (χ3n) is 4.47. The molecule has 1 aromatic rings. The van der Waals surface area contributed by atoms with E-state index in [0.29, 0.717) is 32.0 Å². The molecule has 1 aliphatic heterocycles. The molecule has 0 saturated carbocycles. The molecule has 1 saturated heterocycles. The van der Waals surface area contributed by atoms with Crippen molar-refractivity contribution in [2.45, 2.75) is 44.1 Å². The molecule has 12 nitrogen and oxygen atoms in total. The minimum atomic E-state index is -4.25. The van der Waals surface area contributed by atoms with Crippen LogP contribution in [0.25, 0.3) is 0 Å². The summed E-state index contributed by atoms with van der Waals surface area (Å²) in [6, 6.07) is 2.37. The van der Waals surface area contributed by atoms with E-state index in [9.17, 15) is 33.4 Å². The number of ether oxygens (including phenoxy) is 1. The third kappa shape index (κ3) is 6.10. The van der Waals surface area contributed by atoms with E-state index in [-0.39, 0.29) is 12.5 Å². The number of rotatable bonds is 6. The normalized spacial score (nSPS) is 15.6. The standard InChI is InChI=1S/C17H24N4O8S/c1-17(2,3)29-16(22)19-8-6-12(7-9-19)11-18-30(27,28)15-5-4-13(20(23)24)10-14(15)21(25)26/h4-5,10,12,18H,6-9,11H2,1-3H3. The number of likely N-dealkylation sites (tertiary alicyclic amines) is 1. The Kier molecular flexibility index (Phi) is 6.98. The maximum atomic E-state index is 12.5. The summed E-state index contributed by atoms with van der Waals surface area (Å²) < 4.78 is 32.7. The summed E-state index contributed by atoms with van der Waals surface area (Å²) in [6.07, 6.45) is 0.636. The lowest BCUT2D eigenvalue weighted by molar-refractivity contribution is -0.396.